The van der Waals surface area contributed by atoms with Crippen LogP contribution in [-0.4, -0.2) is 24.1 Å². The van der Waals surface area contributed by atoms with Crippen molar-refractivity contribution in [2.45, 2.75) is 25.4 Å². The fourth-order valence-corrected chi connectivity index (χ4v) is 3.69. The summed E-state index contributed by atoms with van der Waals surface area (Å²) in [5, 5.41) is 5.09. The first kappa shape index (κ1) is 22.4. The van der Waals surface area contributed by atoms with Crippen molar-refractivity contribution in [2.75, 3.05) is 28.6 Å². The van der Waals surface area contributed by atoms with Gasteiger partial charge in [0.25, 0.3) is 0 Å². The molecule has 1 saturated heterocycles. The highest BCUT2D eigenvalue weighted by Gasteiger charge is 2.35. The second-order valence-electron chi connectivity index (χ2n) is 7.67. The molecule has 1 aliphatic heterocycles. The summed E-state index contributed by atoms with van der Waals surface area (Å²) in [5.41, 5.74) is -0.0634. The fourth-order valence-electron chi connectivity index (χ4n) is 3.69. The predicted octanol–water partition coefficient (Wildman–Crippen LogP) is 6.53. The van der Waals surface area contributed by atoms with E-state index in [1.807, 2.05) is 0 Å². The molecule has 2 N–H and O–H groups in total. The first-order chi connectivity index (χ1) is 15.9. The van der Waals surface area contributed by atoms with Gasteiger partial charge in [-0.05, 0) is 73.9 Å². The lowest BCUT2D eigenvalue weighted by atomic mass is 10.1. The van der Waals surface area contributed by atoms with Crippen molar-refractivity contribution in [3.05, 3.63) is 72.6 Å². The Hall–Kier alpha value is -3.75. The molecule has 1 fully saturated rings. The van der Waals surface area contributed by atoms with Crippen LogP contribution in [0.2, 0.25) is 0 Å². The molecule has 0 bridgehead atoms. The Bertz CT molecular complexity index is 1080. The van der Waals surface area contributed by atoms with Crippen LogP contribution in [0.4, 0.5) is 35.0 Å². The number of benzene rings is 2. The average Bonchev–Trinajstić information content (AvgIpc) is 2.81. The molecule has 0 spiro atoms. The van der Waals surface area contributed by atoms with Crippen molar-refractivity contribution in [3.8, 4) is 11.5 Å². The minimum atomic E-state index is -4.52. The van der Waals surface area contributed by atoms with Gasteiger partial charge in [0, 0.05) is 42.5 Å². The Morgan fingerprint density at radius 3 is 2.12 bits per heavy atom. The summed E-state index contributed by atoms with van der Waals surface area (Å²) < 4.78 is 46.7. The van der Waals surface area contributed by atoms with Crippen LogP contribution in [0.5, 0.6) is 11.5 Å². The number of hydrogen-bond donors (Lipinski definition) is 2. The maximum absolute atomic E-state index is 13.7. The first-order valence-corrected chi connectivity index (χ1v) is 10.6. The SMILES string of the molecule is O=C(Nc1ccc(Oc2ccncc2)cc1)Nc1ccc(N2CCCCC2)c(C(F)(F)F)c1. The molecular formula is C24H23F3N4O2. The van der Waals surface area contributed by atoms with Crippen LogP contribution < -0.4 is 20.3 Å². The zero-order valence-electron chi connectivity index (χ0n) is 17.7. The van der Waals surface area contributed by atoms with E-state index >= 15 is 0 Å². The fraction of sp³-hybridized carbons (Fsp3) is 0.250. The minimum Gasteiger partial charge on any atom is -0.457 e. The second kappa shape index (κ2) is 9.81. The van der Waals surface area contributed by atoms with Gasteiger partial charge in [-0.15, -0.1) is 0 Å². The Balaban J connectivity index is 1.41. The van der Waals surface area contributed by atoms with Gasteiger partial charge in [-0.25, -0.2) is 4.79 Å². The molecule has 2 amide bonds. The quantitative estimate of drug-likeness (QED) is 0.458. The third-order valence-electron chi connectivity index (χ3n) is 5.25. The van der Waals surface area contributed by atoms with Crippen molar-refractivity contribution < 1.29 is 22.7 Å². The van der Waals surface area contributed by atoms with Crippen molar-refractivity contribution in [1.29, 1.82) is 0 Å². The molecule has 2 aromatic carbocycles. The number of pyridine rings is 1. The van der Waals surface area contributed by atoms with Crippen LogP contribution in [-0.2, 0) is 6.18 Å². The summed E-state index contributed by atoms with van der Waals surface area (Å²) in [6.45, 7) is 1.19. The number of carbonyl (C=O) groups excluding carboxylic acids is 1. The van der Waals surface area contributed by atoms with Crippen molar-refractivity contribution >= 4 is 23.1 Å². The summed E-state index contributed by atoms with van der Waals surface area (Å²) in [5.74, 6) is 1.19. The van der Waals surface area contributed by atoms with Crippen molar-refractivity contribution in [3.63, 3.8) is 0 Å². The monoisotopic (exact) mass is 456 g/mol. The lowest BCUT2D eigenvalue weighted by molar-refractivity contribution is -0.137. The smallest absolute Gasteiger partial charge is 0.418 e. The molecule has 33 heavy (non-hydrogen) atoms. The number of amides is 2. The molecule has 1 aromatic heterocycles. The van der Waals surface area contributed by atoms with E-state index in [1.165, 1.54) is 12.1 Å². The number of carbonyl (C=O) groups is 1. The van der Waals surface area contributed by atoms with Gasteiger partial charge in [0.05, 0.1) is 5.56 Å². The lowest BCUT2D eigenvalue weighted by Gasteiger charge is -2.31. The number of nitrogens with zero attached hydrogens (tertiary/aromatic N) is 2. The van der Waals surface area contributed by atoms with Gasteiger partial charge in [0.1, 0.15) is 11.5 Å². The van der Waals surface area contributed by atoms with Crippen LogP contribution >= 0.6 is 0 Å². The molecular weight excluding hydrogens is 433 g/mol. The molecule has 0 atom stereocenters. The molecule has 0 aliphatic carbocycles. The Kier molecular flexibility index (Phi) is 6.67. The molecule has 0 unspecified atom stereocenters. The predicted molar refractivity (Wildman–Crippen MR) is 121 cm³/mol. The number of nitrogens with one attached hydrogen (secondary N) is 2. The average molecular weight is 456 g/mol. The maximum Gasteiger partial charge on any atom is 0.418 e. The molecule has 1 aliphatic rings. The summed E-state index contributed by atoms with van der Waals surface area (Å²) >= 11 is 0. The molecule has 172 valence electrons. The minimum absolute atomic E-state index is 0.0678. The molecule has 0 saturated carbocycles. The van der Waals surface area contributed by atoms with Gasteiger partial charge in [0.2, 0.25) is 0 Å². The number of alkyl halides is 3. The number of hydrogen-bond acceptors (Lipinski definition) is 4. The number of piperidine rings is 1. The number of aromatic nitrogens is 1. The van der Waals surface area contributed by atoms with E-state index < -0.39 is 17.8 Å². The zero-order chi connectivity index (χ0) is 23.3. The van der Waals surface area contributed by atoms with Crippen LogP contribution in [0.15, 0.2) is 67.0 Å². The summed E-state index contributed by atoms with van der Waals surface area (Å²) in [4.78, 5) is 18.0. The van der Waals surface area contributed by atoms with Gasteiger partial charge in [-0.1, -0.05) is 0 Å². The highest BCUT2D eigenvalue weighted by molar-refractivity contribution is 6.00. The molecule has 4 rings (SSSR count). The number of urea groups is 1. The van der Waals surface area contributed by atoms with Gasteiger partial charge >= 0.3 is 12.2 Å². The van der Waals surface area contributed by atoms with E-state index in [4.69, 9.17) is 4.74 Å². The van der Waals surface area contributed by atoms with E-state index in [0.29, 0.717) is 30.3 Å². The Morgan fingerprint density at radius 2 is 1.45 bits per heavy atom. The topological polar surface area (TPSA) is 66.5 Å². The van der Waals surface area contributed by atoms with Crippen LogP contribution in [0.1, 0.15) is 24.8 Å². The second-order valence-corrected chi connectivity index (χ2v) is 7.67. The molecule has 0 radical (unpaired) electrons. The highest BCUT2D eigenvalue weighted by Crippen LogP contribution is 2.39. The van der Waals surface area contributed by atoms with Crippen LogP contribution in [0.25, 0.3) is 0 Å². The highest BCUT2D eigenvalue weighted by atomic mass is 19.4. The number of rotatable bonds is 5. The van der Waals surface area contributed by atoms with E-state index in [9.17, 15) is 18.0 Å². The normalized spacial score (nSPS) is 14.0. The van der Waals surface area contributed by atoms with Gasteiger partial charge in [-0.2, -0.15) is 13.2 Å². The Labute approximate surface area is 189 Å². The number of halogens is 3. The molecule has 2 heterocycles. The third kappa shape index (κ3) is 5.94. The zero-order valence-corrected chi connectivity index (χ0v) is 17.7. The van der Waals surface area contributed by atoms with Crippen LogP contribution in [0, 0.1) is 0 Å². The summed E-state index contributed by atoms with van der Waals surface area (Å²) in [7, 11) is 0. The first-order valence-electron chi connectivity index (χ1n) is 10.6. The summed E-state index contributed by atoms with van der Waals surface area (Å²) in [6, 6.07) is 13.3. The number of anilines is 3. The van der Waals surface area contributed by atoms with Crippen molar-refractivity contribution in [1.82, 2.24) is 4.98 Å². The van der Waals surface area contributed by atoms with E-state index in [1.54, 1.807) is 53.7 Å². The molecule has 9 heteroatoms. The lowest BCUT2D eigenvalue weighted by Crippen LogP contribution is -2.31. The largest absolute Gasteiger partial charge is 0.457 e. The van der Waals surface area contributed by atoms with Gasteiger partial charge < -0.3 is 20.3 Å². The van der Waals surface area contributed by atoms with Gasteiger partial charge in [0.15, 0.2) is 0 Å². The molecule has 3 aromatic rings. The number of ether oxygens (including phenoxy) is 1. The van der Waals surface area contributed by atoms with E-state index in [-0.39, 0.29) is 11.4 Å². The van der Waals surface area contributed by atoms with Crippen molar-refractivity contribution in [2.24, 2.45) is 0 Å². The summed E-state index contributed by atoms with van der Waals surface area (Å²) in [6.07, 6.45) is 1.45. The van der Waals surface area contributed by atoms with Crippen LogP contribution in [0.3, 0.4) is 0 Å². The van der Waals surface area contributed by atoms with E-state index in [2.05, 4.69) is 15.6 Å². The maximum atomic E-state index is 13.7. The Morgan fingerprint density at radius 1 is 0.848 bits per heavy atom. The van der Waals surface area contributed by atoms with E-state index in [0.717, 1.165) is 25.3 Å². The molecule has 6 nitrogen and oxygen atoms in total. The third-order valence-corrected chi connectivity index (χ3v) is 5.25. The van der Waals surface area contributed by atoms with Gasteiger partial charge in [-0.3, -0.25) is 4.98 Å². The standard InChI is InChI=1S/C24H23F3N4O2/c25-24(26,27)21-16-18(6-9-22(21)31-14-2-1-3-15-31)30-23(32)29-17-4-7-19(8-5-17)33-20-10-12-28-13-11-20/h4-13,16H,1-3,14-15H2,(H2,29,30,32).